The molecular weight excluding hydrogens is 306 g/mol. The van der Waals surface area contributed by atoms with Gasteiger partial charge in [-0.15, -0.1) is 0 Å². The topological polar surface area (TPSA) is 57.8 Å². The lowest BCUT2D eigenvalue weighted by atomic mass is 10.2. The average molecular weight is 324 g/mol. The number of halogens is 1. The van der Waals surface area contributed by atoms with Crippen molar-refractivity contribution in [2.45, 2.75) is 36.9 Å². The third-order valence-electron chi connectivity index (χ3n) is 2.83. The Labute approximate surface area is 133 Å². The smallest absolute Gasteiger partial charge is 0.251 e. The highest BCUT2D eigenvalue weighted by Gasteiger charge is 2.08. The van der Waals surface area contributed by atoms with E-state index < -0.39 is 0 Å². The van der Waals surface area contributed by atoms with Crippen LogP contribution in [0.1, 0.15) is 24.6 Å². The molecule has 0 radical (unpaired) electrons. The van der Waals surface area contributed by atoms with Crippen LogP contribution in [0.2, 0.25) is 5.02 Å². The number of nitrogens with one attached hydrogen (secondary N) is 2. The SMILES string of the molecule is CCCNCc1ccc(Cl)cc1Sc1nc(C)cc(=O)[nH]1. The summed E-state index contributed by atoms with van der Waals surface area (Å²) in [6, 6.07) is 7.26. The van der Waals surface area contributed by atoms with Crippen molar-refractivity contribution in [1.29, 1.82) is 0 Å². The highest BCUT2D eigenvalue weighted by molar-refractivity contribution is 7.99. The van der Waals surface area contributed by atoms with Gasteiger partial charge in [-0.05, 0) is 37.6 Å². The van der Waals surface area contributed by atoms with Crippen molar-refractivity contribution in [3.05, 3.63) is 50.9 Å². The molecule has 21 heavy (non-hydrogen) atoms. The van der Waals surface area contributed by atoms with E-state index in [9.17, 15) is 4.79 Å². The molecule has 0 saturated heterocycles. The van der Waals surface area contributed by atoms with E-state index in [1.165, 1.54) is 17.8 Å². The van der Waals surface area contributed by atoms with E-state index in [0.717, 1.165) is 30.0 Å². The molecule has 0 aliphatic rings. The van der Waals surface area contributed by atoms with Crippen molar-refractivity contribution in [2.75, 3.05) is 6.54 Å². The monoisotopic (exact) mass is 323 g/mol. The van der Waals surface area contributed by atoms with Crippen LogP contribution in [0.25, 0.3) is 0 Å². The lowest BCUT2D eigenvalue weighted by Gasteiger charge is -2.10. The molecule has 2 rings (SSSR count). The number of hydrogen-bond donors (Lipinski definition) is 2. The second-order valence-corrected chi connectivity index (χ2v) is 6.19. The van der Waals surface area contributed by atoms with Gasteiger partial charge in [0.25, 0.3) is 5.56 Å². The summed E-state index contributed by atoms with van der Waals surface area (Å²) in [7, 11) is 0. The zero-order valence-corrected chi connectivity index (χ0v) is 13.6. The Bertz CT molecular complexity index is 672. The van der Waals surface area contributed by atoms with Crippen LogP contribution in [0, 0.1) is 6.92 Å². The molecule has 0 bridgehead atoms. The fourth-order valence-corrected chi connectivity index (χ4v) is 3.12. The number of H-pyrrole nitrogens is 1. The molecule has 1 heterocycles. The first kappa shape index (κ1) is 16.1. The third-order valence-corrected chi connectivity index (χ3v) is 4.05. The molecule has 0 spiro atoms. The van der Waals surface area contributed by atoms with Crippen molar-refractivity contribution in [1.82, 2.24) is 15.3 Å². The Morgan fingerprint density at radius 2 is 2.19 bits per heavy atom. The molecule has 0 amide bonds. The minimum atomic E-state index is -0.141. The Morgan fingerprint density at radius 1 is 1.38 bits per heavy atom. The Balaban J connectivity index is 2.24. The van der Waals surface area contributed by atoms with E-state index in [1.807, 2.05) is 18.2 Å². The van der Waals surface area contributed by atoms with E-state index in [0.29, 0.717) is 15.9 Å². The minimum Gasteiger partial charge on any atom is -0.313 e. The fraction of sp³-hybridized carbons (Fsp3) is 0.333. The third kappa shape index (κ3) is 4.88. The predicted octanol–water partition coefficient (Wildman–Crippen LogP) is 3.38. The standard InChI is InChI=1S/C15H18ClN3OS/c1-3-6-17-9-11-4-5-12(16)8-13(11)21-15-18-10(2)7-14(20)19-15/h4-5,7-8,17H,3,6,9H2,1-2H3,(H,18,19,20). The van der Waals surface area contributed by atoms with Crippen LogP contribution in [0.5, 0.6) is 0 Å². The highest BCUT2D eigenvalue weighted by atomic mass is 35.5. The normalized spacial score (nSPS) is 10.8. The van der Waals surface area contributed by atoms with Crippen molar-refractivity contribution in [2.24, 2.45) is 0 Å². The molecule has 0 unspecified atom stereocenters. The van der Waals surface area contributed by atoms with Gasteiger partial charge in [-0.25, -0.2) is 4.98 Å². The quantitative estimate of drug-likeness (QED) is 0.632. The first-order chi connectivity index (χ1) is 10.1. The molecule has 4 nitrogen and oxygen atoms in total. The molecule has 0 saturated carbocycles. The number of rotatable bonds is 6. The average Bonchev–Trinajstić information content (AvgIpc) is 2.40. The summed E-state index contributed by atoms with van der Waals surface area (Å²) >= 11 is 7.50. The number of hydrogen-bond acceptors (Lipinski definition) is 4. The zero-order chi connectivity index (χ0) is 15.2. The molecule has 2 N–H and O–H groups in total. The summed E-state index contributed by atoms with van der Waals surface area (Å²) in [5.41, 5.74) is 1.70. The molecule has 2 aromatic rings. The van der Waals surface area contributed by atoms with E-state index in [2.05, 4.69) is 22.2 Å². The summed E-state index contributed by atoms with van der Waals surface area (Å²) in [6.07, 6.45) is 1.09. The number of aryl methyl sites for hydroxylation is 1. The number of benzene rings is 1. The van der Waals surface area contributed by atoms with Crippen LogP contribution >= 0.6 is 23.4 Å². The second kappa shape index (κ2) is 7.64. The largest absolute Gasteiger partial charge is 0.313 e. The molecule has 6 heteroatoms. The predicted molar refractivity (Wildman–Crippen MR) is 87.2 cm³/mol. The second-order valence-electron chi connectivity index (χ2n) is 4.72. The zero-order valence-electron chi connectivity index (χ0n) is 12.1. The van der Waals surface area contributed by atoms with Gasteiger partial charge in [0, 0.05) is 28.2 Å². The van der Waals surface area contributed by atoms with E-state index in [-0.39, 0.29) is 5.56 Å². The highest BCUT2D eigenvalue weighted by Crippen LogP contribution is 2.30. The summed E-state index contributed by atoms with van der Waals surface area (Å²) < 4.78 is 0. The first-order valence-corrected chi connectivity index (χ1v) is 8.03. The van der Waals surface area contributed by atoms with Crippen LogP contribution in [0.3, 0.4) is 0 Å². The Hall–Kier alpha value is -1.30. The summed E-state index contributed by atoms with van der Waals surface area (Å²) in [6.45, 7) is 5.67. The lowest BCUT2D eigenvalue weighted by molar-refractivity contribution is 0.669. The van der Waals surface area contributed by atoms with Gasteiger partial charge in [-0.1, -0.05) is 36.4 Å². The molecule has 0 fully saturated rings. The summed E-state index contributed by atoms with van der Waals surface area (Å²) in [4.78, 5) is 19.6. The van der Waals surface area contributed by atoms with Crippen LogP contribution < -0.4 is 10.9 Å². The molecule has 112 valence electrons. The van der Waals surface area contributed by atoms with Crippen molar-refractivity contribution in [3.8, 4) is 0 Å². The van der Waals surface area contributed by atoms with Gasteiger partial charge in [-0.3, -0.25) is 4.79 Å². The van der Waals surface area contributed by atoms with Crippen LogP contribution in [0.15, 0.2) is 39.1 Å². The van der Waals surface area contributed by atoms with Crippen LogP contribution in [-0.4, -0.2) is 16.5 Å². The van der Waals surface area contributed by atoms with Crippen LogP contribution in [-0.2, 0) is 6.54 Å². The molecular formula is C15H18ClN3OS. The number of aromatic amines is 1. The van der Waals surface area contributed by atoms with Gasteiger partial charge in [-0.2, -0.15) is 0 Å². The Kier molecular flexibility index (Phi) is 5.85. The van der Waals surface area contributed by atoms with Crippen molar-refractivity contribution < 1.29 is 0 Å². The lowest BCUT2D eigenvalue weighted by Crippen LogP contribution is -2.14. The maximum absolute atomic E-state index is 11.5. The summed E-state index contributed by atoms with van der Waals surface area (Å²) in [5, 5.41) is 4.63. The molecule has 0 aliphatic carbocycles. The summed E-state index contributed by atoms with van der Waals surface area (Å²) in [5.74, 6) is 0. The van der Waals surface area contributed by atoms with Crippen molar-refractivity contribution in [3.63, 3.8) is 0 Å². The van der Waals surface area contributed by atoms with Gasteiger partial charge in [0.15, 0.2) is 5.16 Å². The van der Waals surface area contributed by atoms with Gasteiger partial charge < -0.3 is 10.3 Å². The maximum atomic E-state index is 11.5. The molecule has 0 atom stereocenters. The molecule has 1 aromatic carbocycles. The van der Waals surface area contributed by atoms with E-state index >= 15 is 0 Å². The van der Waals surface area contributed by atoms with Gasteiger partial charge in [0.2, 0.25) is 0 Å². The Morgan fingerprint density at radius 3 is 2.90 bits per heavy atom. The van der Waals surface area contributed by atoms with Crippen molar-refractivity contribution >= 4 is 23.4 Å². The molecule has 0 aliphatic heterocycles. The van der Waals surface area contributed by atoms with Gasteiger partial charge >= 0.3 is 0 Å². The van der Waals surface area contributed by atoms with Gasteiger partial charge in [0.1, 0.15) is 0 Å². The molecule has 1 aromatic heterocycles. The number of aromatic nitrogens is 2. The fourth-order valence-electron chi connectivity index (χ4n) is 1.87. The van der Waals surface area contributed by atoms with Gasteiger partial charge in [0.05, 0.1) is 0 Å². The minimum absolute atomic E-state index is 0.141. The van der Waals surface area contributed by atoms with E-state index in [1.54, 1.807) is 6.92 Å². The van der Waals surface area contributed by atoms with Crippen LogP contribution in [0.4, 0.5) is 0 Å². The van der Waals surface area contributed by atoms with E-state index in [4.69, 9.17) is 11.6 Å². The first-order valence-electron chi connectivity index (χ1n) is 6.83. The number of nitrogens with zero attached hydrogens (tertiary/aromatic N) is 1. The maximum Gasteiger partial charge on any atom is 0.251 e.